The number of halogens is 1. The van der Waals surface area contributed by atoms with Crippen LogP contribution in [0.4, 0.5) is 0 Å². The van der Waals surface area contributed by atoms with Crippen LogP contribution in [0.3, 0.4) is 0 Å². The Hall–Kier alpha value is -0.600. The maximum atomic E-state index is 4.24. The summed E-state index contributed by atoms with van der Waals surface area (Å²) in [5.41, 5.74) is 2.91. The van der Waals surface area contributed by atoms with Gasteiger partial charge in [-0.15, -0.1) is 12.4 Å². The maximum Gasteiger partial charge on any atom is 0.0312 e. The van der Waals surface area contributed by atoms with Gasteiger partial charge in [0.15, 0.2) is 0 Å². The van der Waals surface area contributed by atoms with Gasteiger partial charge in [0.2, 0.25) is 0 Å². The summed E-state index contributed by atoms with van der Waals surface area (Å²) in [4.78, 5) is 4.24. The van der Waals surface area contributed by atoms with E-state index < -0.39 is 0 Å². The second-order valence-corrected chi connectivity index (χ2v) is 8.63. The molecule has 5 rings (SSSR count). The zero-order chi connectivity index (χ0) is 13.8. The lowest BCUT2D eigenvalue weighted by atomic mass is 9.43. The molecule has 1 aromatic rings. The van der Waals surface area contributed by atoms with Gasteiger partial charge in [0, 0.05) is 24.5 Å². The van der Waals surface area contributed by atoms with E-state index in [1.807, 2.05) is 18.5 Å². The topological polar surface area (TPSA) is 24.9 Å². The minimum absolute atomic E-state index is 0. The van der Waals surface area contributed by atoms with Gasteiger partial charge in [0.25, 0.3) is 0 Å². The molecule has 2 nitrogen and oxygen atoms in total. The first-order valence-electron chi connectivity index (χ1n) is 8.12. The highest BCUT2D eigenvalue weighted by molar-refractivity contribution is 5.85. The summed E-state index contributed by atoms with van der Waals surface area (Å²) in [6, 6.07) is 4.23. The average Bonchev–Trinajstić information content (AvgIpc) is 2.33. The van der Waals surface area contributed by atoms with Crippen molar-refractivity contribution in [2.24, 2.45) is 16.7 Å². The predicted molar refractivity (Wildman–Crippen MR) is 88.5 cm³/mol. The van der Waals surface area contributed by atoms with E-state index in [0.29, 0.717) is 16.4 Å². The van der Waals surface area contributed by atoms with E-state index in [9.17, 15) is 0 Å². The number of hydrogen-bond donors (Lipinski definition) is 1. The minimum atomic E-state index is 0. The molecular weight excluding hydrogens is 280 g/mol. The average molecular weight is 307 g/mol. The molecule has 4 aliphatic rings. The normalized spacial score (nSPS) is 43.6. The van der Waals surface area contributed by atoms with Crippen LogP contribution in [0.1, 0.15) is 57.9 Å². The van der Waals surface area contributed by atoms with Crippen molar-refractivity contribution >= 4 is 12.4 Å². The summed E-state index contributed by atoms with van der Waals surface area (Å²) in [6.07, 6.45) is 12.4. The van der Waals surface area contributed by atoms with Gasteiger partial charge in [-0.3, -0.25) is 4.98 Å². The predicted octanol–water partition coefficient (Wildman–Crippen LogP) is 4.34. The summed E-state index contributed by atoms with van der Waals surface area (Å²) in [5, 5.41) is 3.95. The summed E-state index contributed by atoms with van der Waals surface area (Å²) < 4.78 is 0. The first-order chi connectivity index (χ1) is 9.49. The first kappa shape index (κ1) is 15.3. The maximum absolute atomic E-state index is 4.24. The number of pyridine rings is 1. The van der Waals surface area contributed by atoms with Crippen LogP contribution in [0.25, 0.3) is 0 Å². The van der Waals surface area contributed by atoms with E-state index in [2.05, 4.69) is 30.2 Å². The molecule has 21 heavy (non-hydrogen) atoms. The van der Waals surface area contributed by atoms with Crippen LogP contribution >= 0.6 is 12.4 Å². The van der Waals surface area contributed by atoms with Crippen LogP contribution in [0.5, 0.6) is 0 Å². The Morgan fingerprint density at radius 2 is 1.86 bits per heavy atom. The molecule has 4 aliphatic carbocycles. The molecule has 0 radical (unpaired) electrons. The molecule has 0 aliphatic heterocycles. The van der Waals surface area contributed by atoms with E-state index >= 15 is 0 Å². The number of nitrogens with zero attached hydrogens (tertiary/aromatic N) is 1. The fraction of sp³-hybridized carbons (Fsp3) is 0.722. The van der Waals surface area contributed by atoms with Gasteiger partial charge in [-0.05, 0) is 66.9 Å². The quantitative estimate of drug-likeness (QED) is 0.898. The highest BCUT2D eigenvalue weighted by Crippen LogP contribution is 2.66. The number of hydrogen-bond acceptors (Lipinski definition) is 2. The number of rotatable bonds is 3. The lowest BCUT2D eigenvalue weighted by Gasteiger charge is -2.65. The SMILES string of the molecule is CC12CC3CC(C)(C1)CC(NCc1cccnc1)(C3)C2.Cl. The Morgan fingerprint density at radius 1 is 1.14 bits per heavy atom. The first-order valence-corrected chi connectivity index (χ1v) is 8.12. The molecule has 3 heteroatoms. The van der Waals surface area contributed by atoms with E-state index in [4.69, 9.17) is 0 Å². The minimum Gasteiger partial charge on any atom is -0.307 e. The zero-order valence-electron chi connectivity index (χ0n) is 13.2. The fourth-order valence-corrected chi connectivity index (χ4v) is 6.44. The van der Waals surface area contributed by atoms with Crippen LogP contribution in [-0.4, -0.2) is 10.5 Å². The van der Waals surface area contributed by atoms with Gasteiger partial charge in [-0.25, -0.2) is 0 Å². The lowest BCUT2D eigenvalue weighted by Crippen LogP contribution is -2.63. The van der Waals surface area contributed by atoms with Crippen LogP contribution in [-0.2, 0) is 6.54 Å². The molecule has 116 valence electrons. The van der Waals surface area contributed by atoms with Gasteiger partial charge in [-0.2, -0.15) is 0 Å². The van der Waals surface area contributed by atoms with Crippen molar-refractivity contribution in [3.05, 3.63) is 30.1 Å². The van der Waals surface area contributed by atoms with Gasteiger partial charge in [-0.1, -0.05) is 19.9 Å². The Bertz CT molecular complexity index is 497. The van der Waals surface area contributed by atoms with Crippen molar-refractivity contribution in [2.45, 2.75) is 64.5 Å². The lowest BCUT2D eigenvalue weighted by molar-refractivity contribution is -0.118. The molecule has 4 saturated carbocycles. The van der Waals surface area contributed by atoms with Crippen molar-refractivity contribution in [1.29, 1.82) is 0 Å². The molecule has 0 amide bonds. The van der Waals surface area contributed by atoms with Gasteiger partial charge in [0.1, 0.15) is 0 Å². The molecule has 2 unspecified atom stereocenters. The fourth-order valence-electron chi connectivity index (χ4n) is 6.44. The van der Waals surface area contributed by atoms with E-state index in [-0.39, 0.29) is 12.4 Å². The van der Waals surface area contributed by atoms with E-state index in [1.54, 1.807) is 0 Å². The second-order valence-electron chi connectivity index (χ2n) is 8.63. The van der Waals surface area contributed by atoms with Crippen molar-refractivity contribution in [2.75, 3.05) is 0 Å². The molecule has 4 fully saturated rings. The number of nitrogens with one attached hydrogen (secondary N) is 1. The second kappa shape index (κ2) is 4.96. The summed E-state index contributed by atoms with van der Waals surface area (Å²) in [6.45, 7) is 6.05. The highest BCUT2D eigenvalue weighted by atomic mass is 35.5. The van der Waals surface area contributed by atoms with Gasteiger partial charge in [0.05, 0.1) is 0 Å². The Balaban J connectivity index is 0.00000132. The summed E-state index contributed by atoms with van der Waals surface area (Å²) in [7, 11) is 0. The molecule has 4 bridgehead atoms. The third-order valence-electron chi connectivity index (χ3n) is 6.02. The van der Waals surface area contributed by atoms with Crippen molar-refractivity contribution < 1.29 is 0 Å². The van der Waals surface area contributed by atoms with Gasteiger partial charge < -0.3 is 5.32 Å². The molecule has 0 aromatic carbocycles. The summed E-state index contributed by atoms with van der Waals surface area (Å²) in [5.74, 6) is 0.961. The van der Waals surface area contributed by atoms with E-state index in [1.165, 1.54) is 44.1 Å². The largest absolute Gasteiger partial charge is 0.307 e. The Kier molecular flexibility index (Phi) is 3.61. The molecule has 0 spiro atoms. The Labute approximate surface area is 134 Å². The monoisotopic (exact) mass is 306 g/mol. The van der Waals surface area contributed by atoms with Gasteiger partial charge >= 0.3 is 0 Å². The van der Waals surface area contributed by atoms with Crippen LogP contribution in [0.2, 0.25) is 0 Å². The molecular formula is C18H27ClN2. The third-order valence-corrected chi connectivity index (χ3v) is 6.02. The third kappa shape index (κ3) is 2.73. The molecule has 1 aromatic heterocycles. The highest BCUT2D eigenvalue weighted by Gasteiger charge is 2.59. The van der Waals surface area contributed by atoms with Crippen molar-refractivity contribution in [3.63, 3.8) is 0 Å². The molecule has 0 saturated heterocycles. The van der Waals surface area contributed by atoms with Crippen LogP contribution in [0.15, 0.2) is 24.5 Å². The molecule has 2 atom stereocenters. The standard InChI is InChI=1S/C18H26N2.ClH/c1-16-6-15-7-17(2,11-16)13-18(8-15,12-16)20-10-14-4-3-5-19-9-14;/h3-5,9,15,20H,6-8,10-13H2,1-2H3;1H. The number of aromatic nitrogens is 1. The van der Waals surface area contributed by atoms with Crippen molar-refractivity contribution in [3.8, 4) is 0 Å². The van der Waals surface area contributed by atoms with E-state index in [0.717, 1.165) is 12.5 Å². The molecule has 1 N–H and O–H groups in total. The van der Waals surface area contributed by atoms with Crippen LogP contribution in [0, 0.1) is 16.7 Å². The zero-order valence-corrected chi connectivity index (χ0v) is 14.0. The van der Waals surface area contributed by atoms with Crippen LogP contribution < -0.4 is 5.32 Å². The Morgan fingerprint density at radius 3 is 2.43 bits per heavy atom. The molecule has 1 heterocycles. The summed E-state index contributed by atoms with van der Waals surface area (Å²) >= 11 is 0. The van der Waals surface area contributed by atoms with Crippen molar-refractivity contribution in [1.82, 2.24) is 10.3 Å². The smallest absolute Gasteiger partial charge is 0.0312 e.